The topological polar surface area (TPSA) is 30.5 Å². The molecule has 3 rings (SSSR count). The number of hydrogen-bond donors (Lipinski definition) is 1. The average molecular weight is 301 g/mol. The number of hydrogen-bond acceptors (Lipinski definition) is 3. The van der Waals surface area contributed by atoms with Crippen molar-refractivity contribution in [1.82, 2.24) is 5.32 Å². The van der Waals surface area contributed by atoms with Crippen LogP contribution in [0.2, 0.25) is 0 Å². The third-order valence-electron chi connectivity index (χ3n) is 4.10. The highest BCUT2D eigenvalue weighted by Crippen LogP contribution is 2.31. The predicted octanol–water partition coefficient (Wildman–Crippen LogP) is 3.38. The number of nitrogens with one attached hydrogen (secondary N) is 1. The van der Waals surface area contributed by atoms with E-state index in [-0.39, 0.29) is 18.5 Å². The summed E-state index contributed by atoms with van der Waals surface area (Å²) < 4.78 is 46.9. The van der Waals surface area contributed by atoms with Crippen molar-refractivity contribution in [2.75, 3.05) is 0 Å². The zero-order chi connectivity index (χ0) is 14.9. The van der Waals surface area contributed by atoms with Gasteiger partial charge < -0.3 is 14.8 Å². The minimum atomic E-state index is -4.68. The van der Waals surface area contributed by atoms with Gasteiger partial charge in [0.2, 0.25) is 0 Å². The van der Waals surface area contributed by atoms with Crippen molar-refractivity contribution < 1.29 is 22.6 Å². The maximum atomic E-state index is 12.4. The fourth-order valence-corrected chi connectivity index (χ4v) is 3.20. The molecule has 1 aromatic rings. The van der Waals surface area contributed by atoms with Crippen LogP contribution in [0, 0.1) is 0 Å². The number of benzene rings is 1. The lowest BCUT2D eigenvalue weighted by atomic mass is 10.0. The van der Waals surface area contributed by atoms with Gasteiger partial charge in [-0.2, -0.15) is 0 Å². The van der Waals surface area contributed by atoms with Crippen LogP contribution in [0.15, 0.2) is 24.3 Å². The van der Waals surface area contributed by atoms with Crippen molar-refractivity contribution in [1.29, 1.82) is 0 Å². The molecule has 2 unspecified atom stereocenters. The smallest absolute Gasteiger partial charge is 0.405 e. The summed E-state index contributed by atoms with van der Waals surface area (Å²) in [6.45, 7) is 0.149. The molecule has 1 N–H and O–H groups in total. The summed E-state index contributed by atoms with van der Waals surface area (Å²) in [5.74, 6) is -0.179. The molecule has 0 radical (unpaired) electrons. The van der Waals surface area contributed by atoms with E-state index in [1.54, 1.807) is 12.1 Å². The standard InChI is InChI=1S/C15H18F3NO2/c16-15(17,18)21-14-4-2-1-3-10(14)9-20-13-7-11-5-6-12(8-13)19-11/h1-4,11-13,19H,5-9H2. The number of ether oxygens (including phenoxy) is 2. The van der Waals surface area contributed by atoms with Crippen molar-refractivity contribution in [3.05, 3.63) is 29.8 Å². The summed E-state index contributed by atoms with van der Waals surface area (Å²) in [5, 5.41) is 3.51. The summed E-state index contributed by atoms with van der Waals surface area (Å²) in [7, 11) is 0. The molecule has 21 heavy (non-hydrogen) atoms. The second-order valence-corrected chi connectivity index (χ2v) is 5.70. The Bertz CT molecular complexity index is 480. The van der Waals surface area contributed by atoms with Crippen LogP contribution in [0.4, 0.5) is 13.2 Å². The Labute approximate surface area is 121 Å². The number of para-hydroxylation sites is 1. The van der Waals surface area contributed by atoms with E-state index in [9.17, 15) is 13.2 Å². The lowest BCUT2D eigenvalue weighted by Gasteiger charge is -2.29. The van der Waals surface area contributed by atoms with Gasteiger partial charge in [0.15, 0.2) is 0 Å². The molecule has 0 spiro atoms. The zero-order valence-electron chi connectivity index (χ0n) is 11.5. The molecular formula is C15H18F3NO2. The quantitative estimate of drug-likeness (QED) is 0.925. The van der Waals surface area contributed by atoms with E-state index in [0.717, 1.165) is 25.7 Å². The maximum absolute atomic E-state index is 12.4. The molecule has 2 aliphatic heterocycles. The lowest BCUT2D eigenvalue weighted by molar-refractivity contribution is -0.275. The molecule has 3 nitrogen and oxygen atoms in total. The van der Waals surface area contributed by atoms with Crippen molar-refractivity contribution in [2.45, 2.75) is 56.8 Å². The van der Waals surface area contributed by atoms with Crippen molar-refractivity contribution in [3.8, 4) is 5.75 Å². The SMILES string of the molecule is FC(F)(F)Oc1ccccc1COC1CC2CCC(C1)N2. The molecule has 0 amide bonds. The van der Waals surface area contributed by atoms with Crippen LogP contribution in [0.25, 0.3) is 0 Å². The predicted molar refractivity (Wildman–Crippen MR) is 70.9 cm³/mol. The van der Waals surface area contributed by atoms with Gasteiger partial charge in [0.1, 0.15) is 5.75 Å². The second kappa shape index (κ2) is 5.85. The summed E-state index contributed by atoms with van der Waals surface area (Å²) in [6.07, 6.45) is -0.374. The number of piperidine rings is 1. The Kier molecular flexibility index (Phi) is 4.08. The molecule has 2 heterocycles. The van der Waals surface area contributed by atoms with Crippen LogP contribution in [-0.4, -0.2) is 24.6 Å². The van der Waals surface area contributed by atoms with E-state index >= 15 is 0 Å². The molecule has 2 bridgehead atoms. The molecule has 6 heteroatoms. The van der Waals surface area contributed by atoms with E-state index < -0.39 is 6.36 Å². The molecule has 2 saturated heterocycles. The molecular weight excluding hydrogens is 283 g/mol. The Morgan fingerprint density at radius 3 is 2.43 bits per heavy atom. The monoisotopic (exact) mass is 301 g/mol. The minimum absolute atomic E-state index is 0.114. The molecule has 2 atom stereocenters. The van der Waals surface area contributed by atoms with Gasteiger partial charge in [-0.1, -0.05) is 18.2 Å². The van der Waals surface area contributed by atoms with Crippen LogP contribution in [0.1, 0.15) is 31.2 Å². The van der Waals surface area contributed by atoms with Gasteiger partial charge in [0, 0.05) is 17.6 Å². The normalized spacial score (nSPS) is 28.6. The third kappa shape index (κ3) is 3.89. The van der Waals surface area contributed by atoms with E-state index in [2.05, 4.69) is 10.1 Å². The lowest BCUT2D eigenvalue weighted by Crippen LogP contribution is -2.41. The van der Waals surface area contributed by atoms with Gasteiger partial charge in [-0.05, 0) is 31.7 Å². The van der Waals surface area contributed by atoms with E-state index in [1.165, 1.54) is 12.1 Å². The first-order valence-electron chi connectivity index (χ1n) is 7.21. The molecule has 1 aromatic carbocycles. The van der Waals surface area contributed by atoms with Crippen LogP contribution < -0.4 is 10.1 Å². The fraction of sp³-hybridized carbons (Fsp3) is 0.600. The highest BCUT2D eigenvalue weighted by molar-refractivity contribution is 5.32. The molecule has 0 aromatic heterocycles. The summed E-state index contributed by atoms with van der Waals surface area (Å²) >= 11 is 0. The molecule has 2 fully saturated rings. The van der Waals surface area contributed by atoms with Gasteiger partial charge in [0.25, 0.3) is 0 Å². The van der Waals surface area contributed by atoms with E-state index in [1.807, 2.05) is 0 Å². The number of halogens is 3. The molecule has 116 valence electrons. The van der Waals surface area contributed by atoms with Crippen LogP contribution in [0.5, 0.6) is 5.75 Å². The van der Waals surface area contributed by atoms with Gasteiger partial charge in [-0.25, -0.2) is 0 Å². The number of rotatable bonds is 4. The van der Waals surface area contributed by atoms with Crippen molar-refractivity contribution in [2.24, 2.45) is 0 Å². The van der Waals surface area contributed by atoms with Gasteiger partial charge >= 0.3 is 6.36 Å². The van der Waals surface area contributed by atoms with Gasteiger partial charge in [0.05, 0.1) is 12.7 Å². The number of fused-ring (bicyclic) bond motifs is 2. The zero-order valence-corrected chi connectivity index (χ0v) is 11.5. The number of alkyl halides is 3. The Morgan fingerprint density at radius 2 is 1.76 bits per heavy atom. The average Bonchev–Trinajstić information content (AvgIpc) is 2.75. The summed E-state index contributed by atoms with van der Waals surface area (Å²) in [4.78, 5) is 0. The first-order valence-corrected chi connectivity index (χ1v) is 7.21. The highest BCUT2D eigenvalue weighted by Gasteiger charge is 2.34. The Hall–Kier alpha value is -1.27. The molecule has 0 aliphatic carbocycles. The largest absolute Gasteiger partial charge is 0.573 e. The first kappa shape index (κ1) is 14.7. The van der Waals surface area contributed by atoms with Crippen LogP contribution >= 0.6 is 0 Å². The van der Waals surface area contributed by atoms with E-state index in [4.69, 9.17) is 4.74 Å². The van der Waals surface area contributed by atoms with Crippen LogP contribution in [0.3, 0.4) is 0 Å². The van der Waals surface area contributed by atoms with Gasteiger partial charge in [-0.15, -0.1) is 13.2 Å². The Morgan fingerprint density at radius 1 is 1.10 bits per heavy atom. The van der Waals surface area contributed by atoms with Gasteiger partial charge in [-0.3, -0.25) is 0 Å². The summed E-state index contributed by atoms with van der Waals surface area (Å²) in [6, 6.07) is 7.13. The molecule has 2 aliphatic rings. The van der Waals surface area contributed by atoms with E-state index in [0.29, 0.717) is 17.6 Å². The Balaban J connectivity index is 1.60. The second-order valence-electron chi connectivity index (χ2n) is 5.70. The third-order valence-corrected chi connectivity index (χ3v) is 4.10. The van der Waals surface area contributed by atoms with Crippen molar-refractivity contribution in [3.63, 3.8) is 0 Å². The first-order chi connectivity index (χ1) is 9.99. The summed E-state index contributed by atoms with van der Waals surface area (Å²) in [5.41, 5.74) is 0.431. The van der Waals surface area contributed by atoms with Crippen molar-refractivity contribution >= 4 is 0 Å². The maximum Gasteiger partial charge on any atom is 0.573 e. The van der Waals surface area contributed by atoms with Crippen LogP contribution in [-0.2, 0) is 11.3 Å². The highest BCUT2D eigenvalue weighted by atomic mass is 19.4. The minimum Gasteiger partial charge on any atom is -0.405 e. The fourth-order valence-electron chi connectivity index (χ4n) is 3.20. The molecule has 0 saturated carbocycles.